The molecule has 23 heavy (non-hydrogen) atoms. The molecule has 0 aliphatic heterocycles. The zero-order valence-corrected chi connectivity index (χ0v) is 12.6. The number of pyridine rings is 1. The highest BCUT2D eigenvalue weighted by Crippen LogP contribution is 2.17. The number of rotatable bonds is 4. The van der Waals surface area contributed by atoms with Crippen LogP contribution in [0.2, 0.25) is 0 Å². The molecular formula is C17H16N4O2. The molecule has 0 bridgehead atoms. The number of nitrogens with one attached hydrogen (secondary N) is 2. The molecule has 2 N–H and O–H groups in total. The molecule has 0 spiro atoms. The molecule has 0 aliphatic rings. The van der Waals surface area contributed by atoms with E-state index in [-0.39, 0.29) is 17.5 Å². The van der Waals surface area contributed by atoms with Crippen LogP contribution in [0.5, 0.6) is 0 Å². The predicted molar refractivity (Wildman–Crippen MR) is 86.5 cm³/mol. The molecule has 3 rings (SSSR count). The van der Waals surface area contributed by atoms with Crippen molar-refractivity contribution >= 4 is 5.91 Å². The lowest BCUT2D eigenvalue weighted by atomic mass is 10.1. The van der Waals surface area contributed by atoms with Gasteiger partial charge in [0.25, 0.3) is 5.91 Å². The summed E-state index contributed by atoms with van der Waals surface area (Å²) in [5.41, 5.74) is 2.08. The van der Waals surface area contributed by atoms with Crippen LogP contribution in [-0.4, -0.2) is 20.7 Å². The Bertz CT molecular complexity index is 848. The number of hydrogen-bond donors (Lipinski definition) is 2. The summed E-state index contributed by atoms with van der Waals surface area (Å²) in [5, 5.41) is 7.11. The molecule has 0 aliphatic carbocycles. The summed E-state index contributed by atoms with van der Waals surface area (Å²) in [4.78, 5) is 25.7. The van der Waals surface area contributed by atoms with Crippen molar-refractivity contribution in [3.63, 3.8) is 0 Å². The fraction of sp³-hybridized carbons (Fsp3) is 0.118. The summed E-state index contributed by atoms with van der Waals surface area (Å²) in [6.07, 6.45) is 4.99. The molecule has 1 aromatic carbocycles. The lowest BCUT2D eigenvalue weighted by molar-refractivity contribution is 0.0939. The number of aromatic nitrogens is 3. The van der Waals surface area contributed by atoms with Crippen molar-refractivity contribution in [2.24, 2.45) is 0 Å². The van der Waals surface area contributed by atoms with Crippen molar-refractivity contribution in [3.05, 3.63) is 82.5 Å². The molecule has 3 aromatic rings. The van der Waals surface area contributed by atoms with Gasteiger partial charge in [0.05, 0.1) is 17.3 Å². The molecule has 0 saturated heterocycles. The van der Waals surface area contributed by atoms with Crippen molar-refractivity contribution in [1.82, 2.24) is 20.1 Å². The molecule has 1 atom stereocenters. The Morgan fingerprint density at radius 3 is 2.83 bits per heavy atom. The average molecular weight is 308 g/mol. The fourth-order valence-electron chi connectivity index (χ4n) is 2.27. The Hall–Kier alpha value is -3.15. The van der Waals surface area contributed by atoms with E-state index in [2.05, 4.69) is 15.4 Å². The molecular weight excluding hydrogens is 292 g/mol. The van der Waals surface area contributed by atoms with Crippen LogP contribution in [0, 0.1) is 0 Å². The highest BCUT2D eigenvalue weighted by molar-refractivity contribution is 5.94. The van der Waals surface area contributed by atoms with Crippen LogP contribution >= 0.6 is 0 Å². The lowest BCUT2D eigenvalue weighted by Crippen LogP contribution is -2.27. The van der Waals surface area contributed by atoms with Gasteiger partial charge in [-0.05, 0) is 36.8 Å². The largest absolute Gasteiger partial charge is 0.345 e. The number of amides is 1. The number of nitrogens with zero attached hydrogens (tertiary/aromatic N) is 2. The average Bonchev–Trinajstić information content (AvgIpc) is 3.10. The van der Waals surface area contributed by atoms with Gasteiger partial charge in [-0.15, -0.1) is 0 Å². The first-order valence-corrected chi connectivity index (χ1v) is 7.23. The molecule has 6 nitrogen and oxygen atoms in total. The zero-order valence-electron chi connectivity index (χ0n) is 12.6. The number of carbonyl (C=O) groups is 1. The highest BCUT2D eigenvalue weighted by atomic mass is 16.2. The number of aromatic amines is 1. The maximum Gasteiger partial charge on any atom is 0.253 e. The normalized spacial score (nSPS) is 11.9. The molecule has 0 radical (unpaired) electrons. The van der Waals surface area contributed by atoms with Gasteiger partial charge >= 0.3 is 0 Å². The van der Waals surface area contributed by atoms with E-state index >= 15 is 0 Å². The maximum absolute atomic E-state index is 12.2. The second-order valence-corrected chi connectivity index (χ2v) is 5.18. The van der Waals surface area contributed by atoms with E-state index in [1.165, 1.54) is 18.3 Å². The Balaban J connectivity index is 1.76. The summed E-state index contributed by atoms with van der Waals surface area (Å²) in [5.74, 6) is -0.238. The highest BCUT2D eigenvalue weighted by Gasteiger charge is 2.12. The van der Waals surface area contributed by atoms with Gasteiger partial charge in [-0.2, -0.15) is 5.10 Å². The van der Waals surface area contributed by atoms with Gasteiger partial charge in [-0.25, -0.2) is 4.68 Å². The van der Waals surface area contributed by atoms with Crippen molar-refractivity contribution in [2.75, 3.05) is 0 Å². The Labute approximate surface area is 132 Å². The van der Waals surface area contributed by atoms with Gasteiger partial charge in [0.15, 0.2) is 0 Å². The van der Waals surface area contributed by atoms with Crippen LogP contribution < -0.4 is 10.9 Å². The third-order valence-electron chi connectivity index (χ3n) is 3.53. The van der Waals surface area contributed by atoms with E-state index in [4.69, 9.17) is 0 Å². The summed E-state index contributed by atoms with van der Waals surface area (Å²) < 4.78 is 1.76. The smallest absolute Gasteiger partial charge is 0.253 e. The van der Waals surface area contributed by atoms with Crippen LogP contribution in [0.15, 0.2) is 65.8 Å². The van der Waals surface area contributed by atoms with E-state index in [9.17, 15) is 9.59 Å². The molecule has 2 aromatic heterocycles. The van der Waals surface area contributed by atoms with Gasteiger partial charge in [0.1, 0.15) is 0 Å². The summed E-state index contributed by atoms with van der Waals surface area (Å²) in [7, 11) is 0. The van der Waals surface area contributed by atoms with Gasteiger partial charge in [0.2, 0.25) is 5.56 Å². The van der Waals surface area contributed by atoms with Gasteiger partial charge in [-0.3, -0.25) is 9.59 Å². The van der Waals surface area contributed by atoms with Crippen molar-refractivity contribution in [3.8, 4) is 5.69 Å². The first kappa shape index (κ1) is 14.8. The summed E-state index contributed by atoms with van der Waals surface area (Å²) in [6, 6.07) is 12.3. The van der Waals surface area contributed by atoms with E-state index < -0.39 is 0 Å². The zero-order chi connectivity index (χ0) is 16.2. The van der Waals surface area contributed by atoms with E-state index in [1.807, 2.05) is 43.5 Å². The van der Waals surface area contributed by atoms with Crippen molar-refractivity contribution in [1.29, 1.82) is 0 Å². The molecule has 2 heterocycles. The first-order chi connectivity index (χ1) is 11.1. The molecule has 6 heteroatoms. The third kappa shape index (κ3) is 3.37. The maximum atomic E-state index is 12.2. The minimum absolute atomic E-state index is 0.176. The van der Waals surface area contributed by atoms with Crippen LogP contribution in [-0.2, 0) is 0 Å². The Morgan fingerprint density at radius 2 is 2.13 bits per heavy atom. The fourth-order valence-corrected chi connectivity index (χ4v) is 2.27. The van der Waals surface area contributed by atoms with Crippen molar-refractivity contribution in [2.45, 2.75) is 13.0 Å². The standard InChI is InChI=1S/C17H16N4O2/c1-12(20-17(23)14-6-7-16(22)18-11-14)13-4-2-5-15(10-13)21-9-3-8-19-21/h2-12H,1H3,(H,18,22)(H,20,23). The number of carbonyl (C=O) groups excluding carboxylic acids is 1. The Morgan fingerprint density at radius 1 is 1.26 bits per heavy atom. The van der Waals surface area contributed by atoms with Gasteiger partial charge < -0.3 is 10.3 Å². The molecule has 1 unspecified atom stereocenters. The quantitative estimate of drug-likeness (QED) is 0.774. The van der Waals surface area contributed by atoms with Crippen LogP contribution in [0.4, 0.5) is 0 Å². The molecule has 1 amide bonds. The van der Waals surface area contributed by atoms with Gasteiger partial charge in [-0.1, -0.05) is 12.1 Å². The SMILES string of the molecule is CC(NC(=O)c1ccc(=O)[nH]c1)c1cccc(-n2cccn2)c1. The third-order valence-corrected chi connectivity index (χ3v) is 3.53. The van der Waals surface area contributed by atoms with Crippen LogP contribution in [0.3, 0.4) is 0 Å². The molecule has 0 fully saturated rings. The number of benzene rings is 1. The molecule has 116 valence electrons. The minimum atomic E-state index is -0.238. The van der Waals surface area contributed by atoms with E-state index in [0.29, 0.717) is 5.56 Å². The lowest BCUT2D eigenvalue weighted by Gasteiger charge is -2.15. The second-order valence-electron chi connectivity index (χ2n) is 5.18. The summed E-state index contributed by atoms with van der Waals surface area (Å²) in [6.45, 7) is 1.91. The monoisotopic (exact) mass is 308 g/mol. The Kier molecular flexibility index (Phi) is 4.05. The minimum Gasteiger partial charge on any atom is -0.345 e. The topological polar surface area (TPSA) is 79.8 Å². The van der Waals surface area contributed by atoms with E-state index in [0.717, 1.165) is 11.3 Å². The summed E-state index contributed by atoms with van der Waals surface area (Å²) >= 11 is 0. The predicted octanol–water partition coefficient (Wildman–Crippen LogP) is 2.05. The molecule has 0 saturated carbocycles. The van der Waals surface area contributed by atoms with Crippen molar-refractivity contribution < 1.29 is 4.79 Å². The van der Waals surface area contributed by atoms with E-state index in [1.54, 1.807) is 10.9 Å². The first-order valence-electron chi connectivity index (χ1n) is 7.23. The van der Waals surface area contributed by atoms with Gasteiger partial charge in [0, 0.05) is 24.7 Å². The second kappa shape index (κ2) is 6.31. The number of hydrogen-bond acceptors (Lipinski definition) is 3. The van der Waals surface area contributed by atoms with Crippen LogP contribution in [0.25, 0.3) is 5.69 Å². The number of H-pyrrole nitrogens is 1. The van der Waals surface area contributed by atoms with Crippen LogP contribution in [0.1, 0.15) is 28.9 Å².